The lowest BCUT2D eigenvalue weighted by Crippen LogP contribution is -2.53. The highest BCUT2D eigenvalue weighted by atomic mass is 35.5. The van der Waals surface area contributed by atoms with Gasteiger partial charge in [0.15, 0.2) is 0 Å². The van der Waals surface area contributed by atoms with Crippen LogP contribution in [0.3, 0.4) is 0 Å². The van der Waals surface area contributed by atoms with E-state index in [0.29, 0.717) is 16.3 Å². The van der Waals surface area contributed by atoms with Gasteiger partial charge in [-0.05, 0) is 61.4 Å². The van der Waals surface area contributed by atoms with Crippen molar-refractivity contribution in [2.45, 2.75) is 37.8 Å². The first-order valence-electron chi connectivity index (χ1n) is 10.6. The molecular formula is C24H27ClN4O2. The van der Waals surface area contributed by atoms with Crippen LogP contribution in [0.25, 0.3) is 10.9 Å². The molecule has 0 saturated heterocycles. The molecule has 2 amide bonds. The molecule has 31 heavy (non-hydrogen) atoms. The van der Waals surface area contributed by atoms with Crippen molar-refractivity contribution < 1.29 is 9.59 Å². The van der Waals surface area contributed by atoms with Crippen LogP contribution in [-0.2, 0) is 0 Å². The van der Waals surface area contributed by atoms with E-state index in [4.69, 9.17) is 11.6 Å². The van der Waals surface area contributed by atoms with Crippen molar-refractivity contribution in [1.29, 1.82) is 0 Å². The standard InChI is InChI=1S/C24H27ClN4O2/c1-29(2)18-10-7-15(8-11-18)23(30)27-20-5-3-4-6-21(20)28-24(31)22-14-16-13-17(25)9-12-19(16)26-22/h7-14,20-21,26H,3-6H2,1-2H3,(H,27,30)(H,28,31)/t20-,21+/m0/s1. The van der Waals surface area contributed by atoms with Gasteiger partial charge in [0, 0.05) is 53.4 Å². The fourth-order valence-corrected chi connectivity index (χ4v) is 4.29. The van der Waals surface area contributed by atoms with Crippen LogP contribution in [0.5, 0.6) is 0 Å². The quantitative estimate of drug-likeness (QED) is 0.554. The maximum absolute atomic E-state index is 12.9. The molecule has 3 N–H and O–H groups in total. The SMILES string of the molecule is CN(C)c1ccc(C(=O)N[C@H]2CCCC[C@H]2NC(=O)c2cc3cc(Cl)ccc3[nH]2)cc1. The lowest BCUT2D eigenvalue weighted by Gasteiger charge is -2.32. The summed E-state index contributed by atoms with van der Waals surface area (Å²) >= 11 is 6.05. The fraction of sp³-hybridized carbons (Fsp3) is 0.333. The van der Waals surface area contributed by atoms with Gasteiger partial charge >= 0.3 is 0 Å². The molecule has 1 aliphatic rings. The van der Waals surface area contributed by atoms with Gasteiger partial charge < -0.3 is 20.5 Å². The van der Waals surface area contributed by atoms with Crippen molar-refractivity contribution in [3.63, 3.8) is 0 Å². The highest BCUT2D eigenvalue weighted by molar-refractivity contribution is 6.31. The highest BCUT2D eigenvalue weighted by Crippen LogP contribution is 2.22. The number of hydrogen-bond donors (Lipinski definition) is 3. The van der Waals surface area contributed by atoms with Gasteiger partial charge in [0.1, 0.15) is 5.69 Å². The number of amides is 2. The molecule has 7 heteroatoms. The summed E-state index contributed by atoms with van der Waals surface area (Å²) in [4.78, 5) is 30.8. The molecule has 1 fully saturated rings. The van der Waals surface area contributed by atoms with Gasteiger partial charge in [0.2, 0.25) is 0 Å². The number of hydrogen-bond acceptors (Lipinski definition) is 3. The molecule has 0 bridgehead atoms. The first kappa shape index (κ1) is 21.2. The number of aromatic nitrogens is 1. The topological polar surface area (TPSA) is 77.2 Å². The molecule has 6 nitrogen and oxygen atoms in total. The van der Waals surface area contributed by atoms with Gasteiger partial charge in [-0.15, -0.1) is 0 Å². The van der Waals surface area contributed by atoms with Crippen LogP contribution < -0.4 is 15.5 Å². The second kappa shape index (κ2) is 9.02. The molecule has 0 radical (unpaired) electrons. The number of carbonyl (C=O) groups excluding carboxylic acids is 2. The van der Waals surface area contributed by atoms with Gasteiger partial charge in [-0.2, -0.15) is 0 Å². The second-order valence-corrected chi connectivity index (χ2v) is 8.74. The third kappa shape index (κ3) is 4.85. The van der Waals surface area contributed by atoms with Crippen LogP contribution in [0.4, 0.5) is 5.69 Å². The van der Waals surface area contributed by atoms with E-state index in [-0.39, 0.29) is 23.9 Å². The molecule has 1 aromatic heterocycles. The number of halogens is 1. The maximum atomic E-state index is 12.9. The van der Waals surface area contributed by atoms with E-state index in [0.717, 1.165) is 42.3 Å². The number of benzene rings is 2. The predicted octanol–water partition coefficient (Wildman–Crippen LogP) is 4.36. The summed E-state index contributed by atoms with van der Waals surface area (Å²) in [6.07, 6.45) is 3.73. The average Bonchev–Trinajstić information content (AvgIpc) is 3.18. The van der Waals surface area contributed by atoms with E-state index in [1.807, 2.05) is 55.4 Å². The molecule has 2 atom stereocenters. The van der Waals surface area contributed by atoms with E-state index in [9.17, 15) is 9.59 Å². The Morgan fingerprint density at radius 2 is 1.58 bits per heavy atom. The minimum Gasteiger partial charge on any atom is -0.378 e. The minimum atomic E-state index is -0.172. The van der Waals surface area contributed by atoms with Gasteiger partial charge in [-0.3, -0.25) is 9.59 Å². The molecular weight excluding hydrogens is 412 g/mol. The van der Waals surface area contributed by atoms with Crippen molar-refractivity contribution in [3.05, 3.63) is 64.8 Å². The van der Waals surface area contributed by atoms with E-state index < -0.39 is 0 Å². The molecule has 1 heterocycles. The zero-order valence-corrected chi connectivity index (χ0v) is 18.5. The second-order valence-electron chi connectivity index (χ2n) is 8.30. The summed E-state index contributed by atoms with van der Waals surface area (Å²) < 4.78 is 0. The molecule has 1 saturated carbocycles. The van der Waals surface area contributed by atoms with E-state index in [2.05, 4.69) is 15.6 Å². The van der Waals surface area contributed by atoms with Crippen LogP contribution in [0.1, 0.15) is 46.5 Å². The summed E-state index contributed by atoms with van der Waals surface area (Å²) in [6, 6.07) is 14.6. The smallest absolute Gasteiger partial charge is 0.268 e. The number of carbonyl (C=O) groups is 2. The summed E-state index contributed by atoms with van der Waals surface area (Å²) in [6.45, 7) is 0. The van der Waals surface area contributed by atoms with E-state index in [1.54, 1.807) is 12.1 Å². The van der Waals surface area contributed by atoms with Gasteiger partial charge in [-0.25, -0.2) is 0 Å². The van der Waals surface area contributed by atoms with Crippen molar-refractivity contribution in [3.8, 4) is 0 Å². The number of nitrogens with one attached hydrogen (secondary N) is 3. The Morgan fingerprint density at radius 3 is 2.23 bits per heavy atom. The molecule has 2 aromatic carbocycles. The van der Waals surface area contributed by atoms with Crippen LogP contribution in [-0.4, -0.2) is 43.0 Å². The van der Waals surface area contributed by atoms with E-state index >= 15 is 0 Å². The summed E-state index contributed by atoms with van der Waals surface area (Å²) in [7, 11) is 3.93. The van der Waals surface area contributed by atoms with Crippen LogP contribution in [0.2, 0.25) is 5.02 Å². The molecule has 3 aromatic rings. The van der Waals surface area contributed by atoms with Crippen LogP contribution >= 0.6 is 11.6 Å². The van der Waals surface area contributed by atoms with Crippen molar-refractivity contribution in [1.82, 2.24) is 15.6 Å². The molecule has 1 aliphatic carbocycles. The van der Waals surface area contributed by atoms with E-state index in [1.165, 1.54) is 0 Å². The number of H-pyrrole nitrogens is 1. The summed E-state index contributed by atoms with van der Waals surface area (Å²) in [5, 5.41) is 7.77. The molecule has 162 valence electrons. The Morgan fingerprint density at radius 1 is 0.935 bits per heavy atom. The Balaban J connectivity index is 1.44. The zero-order valence-electron chi connectivity index (χ0n) is 17.7. The van der Waals surface area contributed by atoms with Crippen molar-refractivity contribution in [2.75, 3.05) is 19.0 Å². The lowest BCUT2D eigenvalue weighted by molar-refractivity contribution is 0.0860. The summed E-state index contributed by atoms with van der Waals surface area (Å²) in [5.41, 5.74) is 3.02. The maximum Gasteiger partial charge on any atom is 0.268 e. The fourth-order valence-electron chi connectivity index (χ4n) is 4.11. The predicted molar refractivity (Wildman–Crippen MR) is 125 cm³/mol. The van der Waals surface area contributed by atoms with Crippen molar-refractivity contribution in [2.24, 2.45) is 0 Å². The van der Waals surface area contributed by atoms with Crippen LogP contribution in [0.15, 0.2) is 48.5 Å². The minimum absolute atomic E-state index is 0.0995. The Kier molecular flexibility index (Phi) is 6.18. The van der Waals surface area contributed by atoms with Gasteiger partial charge in [0.25, 0.3) is 11.8 Å². The first-order valence-corrected chi connectivity index (χ1v) is 11.0. The van der Waals surface area contributed by atoms with Gasteiger partial charge in [0.05, 0.1) is 0 Å². The van der Waals surface area contributed by atoms with Crippen LogP contribution in [0, 0.1) is 0 Å². The summed E-state index contributed by atoms with van der Waals surface area (Å²) in [5.74, 6) is -0.287. The Bertz CT molecular complexity index is 1090. The number of nitrogens with zero attached hydrogens (tertiary/aromatic N) is 1. The number of rotatable bonds is 5. The Labute approximate surface area is 187 Å². The average molecular weight is 439 g/mol. The third-order valence-electron chi connectivity index (χ3n) is 5.87. The number of fused-ring (bicyclic) bond motifs is 1. The number of anilines is 1. The monoisotopic (exact) mass is 438 g/mol. The third-order valence-corrected chi connectivity index (χ3v) is 6.11. The van der Waals surface area contributed by atoms with Crippen molar-refractivity contribution >= 4 is 40.0 Å². The van der Waals surface area contributed by atoms with Gasteiger partial charge in [-0.1, -0.05) is 24.4 Å². The largest absolute Gasteiger partial charge is 0.378 e. The number of aromatic amines is 1. The molecule has 0 unspecified atom stereocenters. The Hall–Kier alpha value is -2.99. The highest BCUT2D eigenvalue weighted by Gasteiger charge is 2.28. The molecule has 0 aliphatic heterocycles. The first-order chi connectivity index (χ1) is 14.9. The lowest BCUT2D eigenvalue weighted by atomic mass is 9.90. The zero-order chi connectivity index (χ0) is 22.0. The normalized spacial score (nSPS) is 18.5. The molecule has 4 rings (SSSR count). The molecule has 0 spiro atoms.